The third-order valence-corrected chi connectivity index (χ3v) is 6.60. The van der Waals surface area contributed by atoms with E-state index in [1.165, 1.54) is 18.2 Å². The number of fused-ring (bicyclic) bond motifs is 4. The quantitative estimate of drug-likeness (QED) is 0.123. The van der Waals surface area contributed by atoms with Gasteiger partial charge in [-0.3, -0.25) is 0 Å². The molecule has 3 N–H and O–H groups in total. The summed E-state index contributed by atoms with van der Waals surface area (Å²) in [5.74, 6) is -15.7. The van der Waals surface area contributed by atoms with E-state index < -0.39 is 39.1 Å². The molecule has 194 valence electrons. The summed E-state index contributed by atoms with van der Waals surface area (Å²) in [6, 6.07) is 16.3. The Labute approximate surface area is 197 Å². The highest BCUT2D eigenvalue weighted by Crippen LogP contribution is 2.55. The SMILES string of the molecule is N.O=S(=O)(Oc1cccc2ccc3cc4ccccc4cc3c12)C(F)(F)C(F)(F)C(F)(F)C(F)(F)F. The Morgan fingerprint density at radius 2 is 1.14 bits per heavy atom. The minimum Gasteiger partial charge on any atom is -0.377 e. The van der Waals surface area contributed by atoms with Crippen molar-refractivity contribution in [2.45, 2.75) is 23.3 Å². The summed E-state index contributed by atoms with van der Waals surface area (Å²) in [6.45, 7) is 0. The third kappa shape index (κ3) is 3.88. The molecule has 0 unspecified atom stereocenters. The van der Waals surface area contributed by atoms with Crippen LogP contribution in [0.3, 0.4) is 0 Å². The van der Waals surface area contributed by atoms with Crippen LogP contribution in [-0.2, 0) is 10.1 Å². The van der Waals surface area contributed by atoms with Crippen LogP contribution in [0, 0.1) is 0 Å². The Morgan fingerprint density at radius 3 is 1.72 bits per heavy atom. The van der Waals surface area contributed by atoms with Gasteiger partial charge in [0.1, 0.15) is 0 Å². The van der Waals surface area contributed by atoms with Crippen molar-refractivity contribution in [2.24, 2.45) is 0 Å². The van der Waals surface area contributed by atoms with Gasteiger partial charge in [0.15, 0.2) is 5.75 Å². The fraction of sp³-hybridized carbons (Fsp3) is 0.182. The molecule has 0 radical (unpaired) electrons. The Bertz CT molecular complexity index is 1570. The van der Waals surface area contributed by atoms with Crippen LogP contribution >= 0.6 is 0 Å². The molecule has 0 atom stereocenters. The van der Waals surface area contributed by atoms with Gasteiger partial charge < -0.3 is 10.3 Å². The molecule has 4 nitrogen and oxygen atoms in total. The first-order valence-corrected chi connectivity index (χ1v) is 10.9. The van der Waals surface area contributed by atoms with Gasteiger partial charge in [0.2, 0.25) is 0 Å². The zero-order chi connectivity index (χ0) is 26.0. The smallest absolute Gasteiger partial charge is 0.377 e. The fourth-order valence-corrected chi connectivity index (χ4v) is 4.45. The van der Waals surface area contributed by atoms with Gasteiger partial charge in [-0.15, -0.1) is 0 Å². The van der Waals surface area contributed by atoms with E-state index in [0.29, 0.717) is 10.8 Å². The topological polar surface area (TPSA) is 78.4 Å². The second kappa shape index (κ2) is 8.40. The van der Waals surface area contributed by atoms with Crippen molar-refractivity contribution in [1.29, 1.82) is 0 Å². The van der Waals surface area contributed by atoms with Crippen molar-refractivity contribution in [3.05, 3.63) is 66.7 Å². The molecule has 0 heterocycles. The van der Waals surface area contributed by atoms with Gasteiger partial charge in [-0.25, -0.2) is 0 Å². The lowest BCUT2D eigenvalue weighted by Crippen LogP contribution is -2.63. The molecule has 0 aliphatic heterocycles. The number of rotatable bonds is 5. The van der Waals surface area contributed by atoms with E-state index in [4.69, 9.17) is 0 Å². The summed E-state index contributed by atoms with van der Waals surface area (Å²) in [5.41, 5.74) is 0. The van der Waals surface area contributed by atoms with Crippen molar-refractivity contribution < 1.29 is 52.1 Å². The first-order valence-electron chi connectivity index (χ1n) is 9.50. The molecule has 0 bridgehead atoms. The molecule has 0 saturated heterocycles. The maximum absolute atomic E-state index is 14.2. The molecule has 0 aromatic heterocycles. The van der Waals surface area contributed by atoms with Crippen LogP contribution in [0.4, 0.5) is 39.5 Å². The highest BCUT2D eigenvalue weighted by atomic mass is 32.2. The Morgan fingerprint density at radius 1 is 0.611 bits per heavy atom. The first-order chi connectivity index (χ1) is 16.0. The highest BCUT2D eigenvalue weighted by molar-refractivity contribution is 7.88. The summed E-state index contributed by atoms with van der Waals surface area (Å²) in [6.07, 6.45) is -7.17. The highest BCUT2D eigenvalue weighted by Gasteiger charge is 2.86. The van der Waals surface area contributed by atoms with E-state index in [-0.39, 0.29) is 22.3 Å². The summed E-state index contributed by atoms with van der Waals surface area (Å²) in [5, 5.41) is -4.90. The largest absolute Gasteiger partial charge is 0.460 e. The zero-order valence-electron chi connectivity index (χ0n) is 17.6. The van der Waals surface area contributed by atoms with Crippen LogP contribution in [-0.4, -0.2) is 31.7 Å². The predicted molar refractivity (Wildman–Crippen MR) is 114 cm³/mol. The Hall–Kier alpha value is -3.26. The van der Waals surface area contributed by atoms with Crippen LogP contribution in [0.2, 0.25) is 0 Å². The van der Waals surface area contributed by atoms with Crippen molar-refractivity contribution in [3.63, 3.8) is 0 Å². The molecule has 4 aromatic rings. The monoisotopic (exact) mass is 543 g/mol. The van der Waals surface area contributed by atoms with E-state index in [1.807, 2.05) is 0 Å². The first kappa shape index (κ1) is 27.3. The maximum atomic E-state index is 14.2. The lowest BCUT2D eigenvalue weighted by atomic mass is 9.98. The second-order valence-electron chi connectivity index (χ2n) is 7.54. The van der Waals surface area contributed by atoms with Gasteiger partial charge in [0, 0.05) is 5.39 Å². The van der Waals surface area contributed by atoms with Crippen LogP contribution in [0.25, 0.3) is 32.3 Å². The zero-order valence-corrected chi connectivity index (χ0v) is 18.4. The molecule has 4 aromatic carbocycles. The number of hydrogen-bond acceptors (Lipinski definition) is 4. The van der Waals surface area contributed by atoms with E-state index in [0.717, 1.165) is 17.5 Å². The molecule has 0 fully saturated rings. The van der Waals surface area contributed by atoms with Gasteiger partial charge in [-0.05, 0) is 45.1 Å². The van der Waals surface area contributed by atoms with Crippen LogP contribution in [0.1, 0.15) is 0 Å². The van der Waals surface area contributed by atoms with E-state index >= 15 is 0 Å². The third-order valence-electron chi connectivity index (χ3n) is 5.32. The van der Waals surface area contributed by atoms with Crippen molar-refractivity contribution in [2.75, 3.05) is 0 Å². The molecule has 14 heteroatoms. The Balaban J connectivity index is 0.00000361. The summed E-state index contributed by atoms with van der Waals surface area (Å²) in [7, 11) is -7.08. The average molecular weight is 543 g/mol. The molecule has 0 saturated carbocycles. The number of halogens is 9. The number of alkyl halides is 9. The van der Waals surface area contributed by atoms with E-state index in [9.17, 15) is 47.9 Å². The lowest BCUT2D eigenvalue weighted by molar-refractivity contribution is -0.382. The van der Waals surface area contributed by atoms with E-state index in [1.54, 1.807) is 36.4 Å². The predicted octanol–water partition coefficient (Wildman–Crippen LogP) is 7.44. The minimum absolute atomic E-state index is 0. The minimum atomic E-state index is -7.39. The van der Waals surface area contributed by atoms with Gasteiger partial charge in [0.05, 0.1) is 0 Å². The molecular weight excluding hydrogens is 529 g/mol. The normalized spacial score (nSPS) is 13.7. The van der Waals surface area contributed by atoms with Gasteiger partial charge in [-0.2, -0.15) is 47.9 Å². The molecule has 0 spiro atoms. The van der Waals surface area contributed by atoms with Crippen molar-refractivity contribution >= 4 is 42.4 Å². The summed E-state index contributed by atoms with van der Waals surface area (Å²) >= 11 is 0. The van der Waals surface area contributed by atoms with Gasteiger partial charge in [0.25, 0.3) is 0 Å². The number of benzene rings is 4. The maximum Gasteiger partial charge on any atom is 0.460 e. The molecular formula is C22H14F9NO3S. The van der Waals surface area contributed by atoms with Crippen molar-refractivity contribution in [1.82, 2.24) is 6.15 Å². The average Bonchev–Trinajstić information content (AvgIpc) is 2.76. The molecule has 36 heavy (non-hydrogen) atoms. The van der Waals surface area contributed by atoms with E-state index in [2.05, 4.69) is 4.18 Å². The molecule has 0 aliphatic carbocycles. The summed E-state index contributed by atoms with van der Waals surface area (Å²) in [4.78, 5) is 0. The standard InChI is InChI=1S/C22H11F9O3S.H3N/c23-19(24,21(27,28)29)20(25,26)22(30,31)35(32,33)34-17-7-3-6-12-8-9-15-10-13-4-1-2-5-14(13)11-16(15)18(12)17;/h1-11H;1H3. The van der Waals surface area contributed by atoms with Crippen molar-refractivity contribution in [3.8, 4) is 5.75 Å². The second-order valence-corrected chi connectivity index (χ2v) is 9.13. The van der Waals surface area contributed by atoms with Gasteiger partial charge >= 0.3 is 33.4 Å². The number of hydrogen-bond donors (Lipinski definition) is 1. The molecule has 0 amide bonds. The summed E-state index contributed by atoms with van der Waals surface area (Å²) < 4.78 is 148. The van der Waals surface area contributed by atoms with Gasteiger partial charge in [-0.1, -0.05) is 48.5 Å². The fourth-order valence-electron chi connectivity index (χ4n) is 3.52. The molecule has 4 rings (SSSR count). The lowest BCUT2D eigenvalue weighted by Gasteiger charge is -2.32. The van der Waals surface area contributed by atoms with Crippen LogP contribution in [0.15, 0.2) is 66.7 Å². The Kier molecular flexibility index (Phi) is 6.38. The molecule has 0 aliphatic rings. The van der Waals surface area contributed by atoms with Crippen LogP contribution < -0.4 is 10.3 Å². The van der Waals surface area contributed by atoms with Crippen LogP contribution in [0.5, 0.6) is 5.75 Å².